The van der Waals surface area contributed by atoms with Crippen molar-refractivity contribution < 1.29 is 9.90 Å². The van der Waals surface area contributed by atoms with Gasteiger partial charge in [0, 0.05) is 19.6 Å². The highest BCUT2D eigenvalue weighted by Crippen LogP contribution is 2.19. The van der Waals surface area contributed by atoms with E-state index in [0.717, 1.165) is 38.6 Å². The van der Waals surface area contributed by atoms with E-state index in [1.807, 2.05) is 0 Å². The van der Waals surface area contributed by atoms with Crippen LogP contribution >= 0.6 is 0 Å². The quantitative estimate of drug-likeness (QED) is 0.496. The van der Waals surface area contributed by atoms with E-state index in [9.17, 15) is 4.79 Å². The summed E-state index contributed by atoms with van der Waals surface area (Å²) in [5.74, 6) is 0.623. The summed E-state index contributed by atoms with van der Waals surface area (Å²) in [6.45, 7) is 0.996. The average molecular weight is 211 g/mol. The Labute approximate surface area is 91.6 Å². The zero-order valence-corrected chi connectivity index (χ0v) is 9.24. The summed E-state index contributed by atoms with van der Waals surface area (Å²) in [4.78, 5) is 11.4. The van der Waals surface area contributed by atoms with Gasteiger partial charge < -0.3 is 10.4 Å². The van der Waals surface area contributed by atoms with Crippen molar-refractivity contribution in [2.75, 3.05) is 13.2 Å². The van der Waals surface area contributed by atoms with Gasteiger partial charge in [-0.05, 0) is 38.0 Å². The van der Waals surface area contributed by atoms with E-state index in [4.69, 9.17) is 5.11 Å². The van der Waals surface area contributed by atoms with E-state index in [-0.39, 0.29) is 12.5 Å². The van der Waals surface area contributed by atoms with Crippen LogP contribution in [-0.2, 0) is 4.79 Å². The van der Waals surface area contributed by atoms with Gasteiger partial charge in [-0.2, -0.15) is 0 Å². The number of hydrogen-bond donors (Lipinski definition) is 2. The lowest BCUT2D eigenvalue weighted by atomic mass is 10.1. The molecular formula is C12H21NO2. The number of hydrogen-bond acceptors (Lipinski definition) is 2. The maximum Gasteiger partial charge on any atom is 0.220 e. The number of carbonyl (C=O) groups is 1. The number of nitrogens with one attached hydrogen (secondary N) is 1. The van der Waals surface area contributed by atoms with E-state index in [1.54, 1.807) is 0 Å². The molecule has 0 aromatic rings. The molecule has 1 unspecified atom stereocenters. The number of aliphatic hydroxyl groups is 1. The molecule has 0 spiro atoms. The third-order valence-electron chi connectivity index (χ3n) is 2.72. The topological polar surface area (TPSA) is 49.3 Å². The van der Waals surface area contributed by atoms with E-state index in [1.165, 1.54) is 0 Å². The van der Waals surface area contributed by atoms with Crippen LogP contribution in [0.2, 0.25) is 0 Å². The first-order valence-corrected chi connectivity index (χ1v) is 5.87. The number of amides is 1. The molecule has 0 aliphatic heterocycles. The number of aliphatic hydroxyl groups excluding tert-OH is 1. The molecule has 2 N–H and O–H groups in total. The minimum absolute atomic E-state index is 0.163. The van der Waals surface area contributed by atoms with Crippen LogP contribution in [0, 0.1) is 5.92 Å². The summed E-state index contributed by atoms with van der Waals surface area (Å²) < 4.78 is 0. The highest BCUT2D eigenvalue weighted by Gasteiger charge is 2.13. The molecule has 3 nitrogen and oxygen atoms in total. The zero-order chi connectivity index (χ0) is 10.9. The second kappa shape index (κ2) is 7.46. The summed E-state index contributed by atoms with van der Waals surface area (Å²) in [7, 11) is 0. The van der Waals surface area contributed by atoms with Gasteiger partial charge in [-0.3, -0.25) is 4.79 Å². The number of unbranched alkanes of at least 4 members (excludes halogenated alkanes) is 2. The Morgan fingerprint density at radius 3 is 2.93 bits per heavy atom. The van der Waals surface area contributed by atoms with Crippen molar-refractivity contribution >= 4 is 5.91 Å². The normalized spacial score (nSPS) is 19.4. The van der Waals surface area contributed by atoms with Crippen molar-refractivity contribution in [3.05, 3.63) is 12.2 Å². The second-order valence-corrected chi connectivity index (χ2v) is 4.10. The predicted molar refractivity (Wildman–Crippen MR) is 60.4 cm³/mol. The fraction of sp³-hybridized carbons (Fsp3) is 0.750. The lowest BCUT2D eigenvalue weighted by molar-refractivity contribution is -0.121. The molecule has 0 bridgehead atoms. The molecule has 1 amide bonds. The molecule has 15 heavy (non-hydrogen) atoms. The molecule has 0 aromatic carbocycles. The molecule has 0 saturated carbocycles. The summed E-state index contributed by atoms with van der Waals surface area (Å²) in [5.41, 5.74) is 0. The van der Waals surface area contributed by atoms with Crippen LogP contribution < -0.4 is 5.32 Å². The first-order valence-electron chi connectivity index (χ1n) is 5.87. The van der Waals surface area contributed by atoms with Crippen LogP contribution in [0.3, 0.4) is 0 Å². The van der Waals surface area contributed by atoms with E-state index in [2.05, 4.69) is 17.5 Å². The average Bonchev–Trinajstić information content (AvgIpc) is 2.70. The maximum absolute atomic E-state index is 11.4. The largest absolute Gasteiger partial charge is 0.396 e. The summed E-state index contributed by atoms with van der Waals surface area (Å²) in [6, 6.07) is 0. The van der Waals surface area contributed by atoms with Crippen LogP contribution in [-0.4, -0.2) is 24.2 Å². The molecule has 0 fully saturated rings. The summed E-state index contributed by atoms with van der Waals surface area (Å²) in [5, 5.41) is 11.5. The first-order chi connectivity index (χ1) is 7.33. The zero-order valence-electron chi connectivity index (χ0n) is 9.24. The Hall–Kier alpha value is -0.830. The van der Waals surface area contributed by atoms with Crippen molar-refractivity contribution in [2.45, 2.75) is 38.5 Å². The van der Waals surface area contributed by atoms with Gasteiger partial charge >= 0.3 is 0 Å². The minimum Gasteiger partial charge on any atom is -0.396 e. The van der Waals surface area contributed by atoms with Gasteiger partial charge in [0.05, 0.1) is 0 Å². The molecule has 1 rings (SSSR count). The Kier molecular flexibility index (Phi) is 6.09. The lowest BCUT2D eigenvalue weighted by Gasteiger charge is -2.08. The molecule has 0 heterocycles. The Morgan fingerprint density at radius 2 is 2.27 bits per heavy atom. The minimum atomic E-state index is 0.163. The molecular weight excluding hydrogens is 190 g/mol. The number of carbonyl (C=O) groups excluding carboxylic acids is 1. The van der Waals surface area contributed by atoms with Crippen LogP contribution in [0.5, 0.6) is 0 Å². The van der Waals surface area contributed by atoms with Gasteiger partial charge in [-0.25, -0.2) is 0 Å². The first kappa shape index (κ1) is 12.2. The van der Waals surface area contributed by atoms with Crippen molar-refractivity contribution in [2.24, 2.45) is 5.92 Å². The smallest absolute Gasteiger partial charge is 0.220 e. The second-order valence-electron chi connectivity index (χ2n) is 4.10. The maximum atomic E-state index is 11.4. The number of rotatable bonds is 7. The Morgan fingerprint density at radius 1 is 1.40 bits per heavy atom. The summed E-state index contributed by atoms with van der Waals surface area (Å²) >= 11 is 0. The Balaban J connectivity index is 1.96. The third-order valence-corrected chi connectivity index (χ3v) is 2.72. The fourth-order valence-electron chi connectivity index (χ4n) is 1.82. The molecule has 0 aromatic heterocycles. The monoisotopic (exact) mass is 211 g/mol. The van der Waals surface area contributed by atoms with Gasteiger partial charge in [0.15, 0.2) is 0 Å². The highest BCUT2D eigenvalue weighted by molar-refractivity contribution is 5.76. The van der Waals surface area contributed by atoms with Gasteiger partial charge in [-0.15, -0.1) is 0 Å². The van der Waals surface area contributed by atoms with E-state index >= 15 is 0 Å². The molecule has 0 radical (unpaired) electrons. The van der Waals surface area contributed by atoms with Crippen molar-refractivity contribution in [1.82, 2.24) is 5.32 Å². The number of allylic oxidation sites excluding steroid dienone is 2. The van der Waals surface area contributed by atoms with Crippen molar-refractivity contribution in [3.8, 4) is 0 Å². The van der Waals surface area contributed by atoms with E-state index in [0.29, 0.717) is 12.3 Å². The molecule has 1 aliphatic rings. The van der Waals surface area contributed by atoms with Crippen molar-refractivity contribution in [1.29, 1.82) is 0 Å². The van der Waals surface area contributed by atoms with Gasteiger partial charge in [0.25, 0.3) is 0 Å². The Bertz CT molecular complexity index is 214. The fourth-order valence-corrected chi connectivity index (χ4v) is 1.82. The molecule has 3 heteroatoms. The standard InChI is InChI=1S/C12H21NO2/c14-9-5-1-4-8-13-12(15)10-11-6-2-3-7-11/h2,6,11,14H,1,3-5,7-10H2,(H,13,15). The highest BCUT2D eigenvalue weighted by atomic mass is 16.2. The van der Waals surface area contributed by atoms with Crippen LogP contribution in [0.25, 0.3) is 0 Å². The van der Waals surface area contributed by atoms with Gasteiger partial charge in [0.1, 0.15) is 0 Å². The molecule has 0 saturated heterocycles. The molecule has 1 atom stereocenters. The van der Waals surface area contributed by atoms with E-state index < -0.39 is 0 Å². The lowest BCUT2D eigenvalue weighted by Crippen LogP contribution is -2.25. The summed E-state index contributed by atoms with van der Waals surface area (Å²) in [6.07, 6.45) is 9.96. The van der Waals surface area contributed by atoms with Gasteiger partial charge in [0.2, 0.25) is 5.91 Å². The van der Waals surface area contributed by atoms with Gasteiger partial charge in [-0.1, -0.05) is 12.2 Å². The van der Waals surface area contributed by atoms with Crippen LogP contribution in [0.4, 0.5) is 0 Å². The third kappa shape index (κ3) is 5.57. The predicted octanol–water partition coefficient (Wildman–Crippen LogP) is 1.62. The SMILES string of the molecule is O=C(CC1C=CCC1)NCCCCCO. The molecule has 1 aliphatic carbocycles. The molecule has 86 valence electrons. The van der Waals surface area contributed by atoms with Crippen molar-refractivity contribution in [3.63, 3.8) is 0 Å². The van der Waals surface area contributed by atoms with Crippen LogP contribution in [0.15, 0.2) is 12.2 Å². The van der Waals surface area contributed by atoms with Crippen LogP contribution in [0.1, 0.15) is 38.5 Å².